The van der Waals surface area contributed by atoms with Gasteiger partial charge in [0, 0.05) is 6.07 Å². The zero-order valence-electron chi connectivity index (χ0n) is 18.3. The summed E-state index contributed by atoms with van der Waals surface area (Å²) in [5.41, 5.74) is 0.329. The van der Waals surface area contributed by atoms with Gasteiger partial charge in [-0.2, -0.15) is 0 Å². The Bertz CT molecular complexity index is 1160. The van der Waals surface area contributed by atoms with Crippen LogP contribution in [0.25, 0.3) is 6.08 Å². The second-order valence-electron chi connectivity index (χ2n) is 7.05. The molecular formula is C23H21BrF2N2O5S. The van der Waals surface area contributed by atoms with Crippen LogP contribution in [-0.2, 0) is 9.59 Å². The summed E-state index contributed by atoms with van der Waals surface area (Å²) in [6, 6.07) is 6.07. The lowest BCUT2D eigenvalue weighted by atomic mass is 10.2. The molecule has 0 bridgehead atoms. The Morgan fingerprint density at radius 3 is 2.62 bits per heavy atom. The maximum absolute atomic E-state index is 13.8. The molecule has 11 heteroatoms. The average Bonchev–Trinajstić information content (AvgIpc) is 3.02. The molecule has 0 atom stereocenters. The number of nitrogens with one attached hydrogen (secondary N) is 1. The van der Waals surface area contributed by atoms with Gasteiger partial charge in [0.25, 0.3) is 11.1 Å². The number of rotatable bonds is 9. The molecule has 180 valence electrons. The maximum Gasteiger partial charge on any atom is 0.294 e. The van der Waals surface area contributed by atoms with Crippen molar-refractivity contribution in [3.8, 4) is 11.5 Å². The molecule has 3 amide bonds. The highest BCUT2D eigenvalue weighted by Crippen LogP contribution is 2.39. The Labute approximate surface area is 207 Å². The van der Waals surface area contributed by atoms with Crippen LogP contribution in [0.5, 0.6) is 11.5 Å². The number of hydrogen-bond donors (Lipinski definition) is 1. The summed E-state index contributed by atoms with van der Waals surface area (Å²) in [5, 5.41) is 1.59. The van der Waals surface area contributed by atoms with Crippen LogP contribution >= 0.6 is 27.7 Å². The van der Waals surface area contributed by atoms with Gasteiger partial charge in [0.05, 0.1) is 28.3 Å². The molecule has 34 heavy (non-hydrogen) atoms. The lowest BCUT2D eigenvalue weighted by molar-refractivity contribution is -0.127. The molecule has 1 aliphatic heterocycles. The van der Waals surface area contributed by atoms with Gasteiger partial charge in [-0.1, -0.05) is 6.92 Å². The molecule has 1 fully saturated rings. The number of imide groups is 1. The first-order valence-corrected chi connectivity index (χ1v) is 11.9. The van der Waals surface area contributed by atoms with E-state index < -0.39 is 35.2 Å². The van der Waals surface area contributed by atoms with E-state index in [9.17, 15) is 23.2 Å². The van der Waals surface area contributed by atoms with Crippen LogP contribution in [0.1, 0.15) is 25.8 Å². The van der Waals surface area contributed by atoms with Crippen molar-refractivity contribution in [1.82, 2.24) is 4.90 Å². The molecule has 1 heterocycles. The molecule has 1 saturated heterocycles. The van der Waals surface area contributed by atoms with Crippen molar-refractivity contribution in [3.05, 3.63) is 56.9 Å². The number of nitrogens with zero attached hydrogens (tertiary/aromatic N) is 1. The van der Waals surface area contributed by atoms with Crippen LogP contribution in [0.3, 0.4) is 0 Å². The Morgan fingerprint density at radius 1 is 1.18 bits per heavy atom. The van der Waals surface area contributed by atoms with Gasteiger partial charge in [-0.05, 0) is 76.9 Å². The summed E-state index contributed by atoms with van der Waals surface area (Å²) in [7, 11) is 0. The van der Waals surface area contributed by atoms with Crippen molar-refractivity contribution in [2.45, 2.75) is 20.3 Å². The predicted molar refractivity (Wildman–Crippen MR) is 129 cm³/mol. The van der Waals surface area contributed by atoms with Crippen molar-refractivity contribution in [1.29, 1.82) is 0 Å². The quantitative estimate of drug-likeness (QED) is 0.407. The Balaban J connectivity index is 1.76. The molecule has 0 aromatic heterocycles. The van der Waals surface area contributed by atoms with E-state index >= 15 is 0 Å². The normalized spacial score (nSPS) is 14.6. The van der Waals surface area contributed by atoms with E-state index in [1.165, 1.54) is 6.08 Å². The maximum atomic E-state index is 13.8. The van der Waals surface area contributed by atoms with Gasteiger partial charge in [-0.3, -0.25) is 19.3 Å². The molecule has 0 radical (unpaired) electrons. The Hall–Kier alpha value is -2.92. The topological polar surface area (TPSA) is 84.9 Å². The fourth-order valence-corrected chi connectivity index (χ4v) is 4.40. The molecule has 0 aliphatic carbocycles. The number of ether oxygens (including phenoxy) is 2. The van der Waals surface area contributed by atoms with E-state index in [2.05, 4.69) is 21.2 Å². The van der Waals surface area contributed by atoms with Crippen LogP contribution < -0.4 is 14.8 Å². The van der Waals surface area contributed by atoms with Crippen LogP contribution in [0.2, 0.25) is 0 Å². The summed E-state index contributed by atoms with van der Waals surface area (Å²) in [6.45, 7) is 4.10. The first kappa shape index (κ1) is 25.7. The van der Waals surface area contributed by atoms with E-state index in [1.807, 2.05) is 13.8 Å². The zero-order valence-corrected chi connectivity index (χ0v) is 20.7. The predicted octanol–water partition coefficient (Wildman–Crippen LogP) is 5.59. The minimum Gasteiger partial charge on any atom is -0.490 e. The molecule has 3 rings (SSSR count). The highest BCUT2D eigenvalue weighted by Gasteiger charge is 2.36. The molecule has 0 saturated carbocycles. The van der Waals surface area contributed by atoms with E-state index in [4.69, 9.17) is 9.47 Å². The molecular weight excluding hydrogens is 534 g/mol. The van der Waals surface area contributed by atoms with Crippen LogP contribution in [-0.4, -0.2) is 41.7 Å². The minimum atomic E-state index is -0.968. The number of halogens is 3. The van der Waals surface area contributed by atoms with E-state index in [0.29, 0.717) is 52.6 Å². The van der Waals surface area contributed by atoms with Crippen LogP contribution in [0, 0.1) is 11.6 Å². The van der Waals surface area contributed by atoms with E-state index in [0.717, 1.165) is 23.5 Å². The van der Waals surface area contributed by atoms with Crippen LogP contribution in [0.4, 0.5) is 19.3 Å². The Kier molecular flexibility index (Phi) is 8.67. The largest absolute Gasteiger partial charge is 0.490 e. The summed E-state index contributed by atoms with van der Waals surface area (Å²) in [5.74, 6) is -2.20. The Morgan fingerprint density at radius 2 is 1.94 bits per heavy atom. The summed E-state index contributed by atoms with van der Waals surface area (Å²) in [6.07, 6.45) is 2.33. The van der Waals surface area contributed by atoms with Crippen molar-refractivity contribution in [3.63, 3.8) is 0 Å². The third-order valence-corrected chi connectivity index (χ3v) is 5.96. The smallest absolute Gasteiger partial charge is 0.294 e. The van der Waals surface area contributed by atoms with Gasteiger partial charge in [0.1, 0.15) is 18.2 Å². The van der Waals surface area contributed by atoms with E-state index in [-0.39, 0.29) is 10.6 Å². The highest BCUT2D eigenvalue weighted by molar-refractivity contribution is 9.10. The van der Waals surface area contributed by atoms with Gasteiger partial charge in [-0.25, -0.2) is 8.78 Å². The monoisotopic (exact) mass is 554 g/mol. The lowest BCUT2D eigenvalue weighted by Crippen LogP contribution is -2.36. The highest BCUT2D eigenvalue weighted by atomic mass is 79.9. The number of carbonyl (C=O) groups is 3. The second kappa shape index (κ2) is 11.5. The standard InChI is InChI=1S/C23H21BrF2N2O5S/c1-3-7-33-21-15(24)8-13(9-18(21)32-4-2)10-19-22(30)28(23(31)34-19)12-20(29)27-17-6-5-14(25)11-16(17)26/h5-6,8-11H,3-4,7,12H2,1-2H3,(H,27,29)/b19-10-. The van der Waals surface area contributed by atoms with Gasteiger partial charge in [0.2, 0.25) is 5.91 Å². The minimum absolute atomic E-state index is 0.113. The molecule has 7 nitrogen and oxygen atoms in total. The van der Waals surface area contributed by atoms with Gasteiger partial charge in [0.15, 0.2) is 11.5 Å². The third kappa shape index (κ3) is 6.15. The fourth-order valence-electron chi connectivity index (χ4n) is 2.99. The van der Waals surface area contributed by atoms with E-state index in [1.54, 1.807) is 12.1 Å². The number of anilines is 1. The molecule has 2 aromatic carbocycles. The lowest BCUT2D eigenvalue weighted by Gasteiger charge is -2.14. The molecule has 0 unspecified atom stereocenters. The SMILES string of the molecule is CCCOc1c(Br)cc(/C=C2\SC(=O)N(CC(=O)Nc3ccc(F)cc3F)C2=O)cc1OCC. The number of thioether (sulfide) groups is 1. The van der Waals surface area contributed by atoms with Crippen molar-refractivity contribution in [2.24, 2.45) is 0 Å². The number of amides is 3. The molecule has 1 aliphatic rings. The van der Waals surface area contributed by atoms with Gasteiger partial charge < -0.3 is 14.8 Å². The van der Waals surface area contributed by atoms with Crippen molar-refractivity contribution >= 4 is 56.5 Å². The summed E-state index contributed by atoms with van der Waals surface area (Å²) >= 11 is 4.13. The number of hydrogen-bond acceptors (Lipinski definition) is 6. The number of benzene rings is 2. The van der Waals surface area contributed by atoms with Crippen molar-refractivity contribution < 1.29 is 32.6 Å². The summed E-state index contributed by atoms with van der Waals surface area (Å²) < 4.78 is 38.8. The summed E-state index contributed by atoms with van der Waals surface area (Å²) in [4.78, 5) is 38.3. The zero-order chi connectivity index (χ0) is 24.8. The van der Waals surface area contributed by atoms with Gasteiger partial charge >= 0.3 is 0 Å². The molecule has 1 N–H and O–H groups in total. The second-order valence-corrected chi connectivity index (χ2v) is 8.90. The van der Waals surface area contributed by atoms with Crippen molar-refractivity contribution in [2.75, 3.05) is 25.1 Å². The van der Waals surface area contributed by atoms with Crippen LogP contribution in [0.15, 0.2) is 39.7 Å². The first-order chi connectivity index (χ1) is 16.2. The average molecular weight is 555 g/mol. The molecule has 2 aromatic rings. The number of carbonyl (C=O) groups excluding carboxylic acids is 3. The third-order valence-electron chi connectivity index (χ3n) is 4.46. The fraction of sp³-hybridized carbons (Fsp3) is 0.261. The first-order valence-electron chi connectivity index (χ1n) is 10.3. The molecule has 0 spiro atoms. The van der Waals surface area contributed by atoms with Gasteiger partial charge in [-0.15, -0.1) is 0 Å².